The van der Waals surface area contributed by atoms with E-state index in [4.69, 9.17) is 0 Å². The standard InChI is InChI=1S/C21H24N4OS2/c1-4-11-25-20(18-13-27-15(3)17(18)5-2)23-24-21(25)28-14-19(26)22-12-16-9-7-6-8-10-16/h4,6-10,13H,1,5,11-12,14H2,2-3H3,(H,22,26). The number of rotatable bonds is 9. The minimum absolute atomic E-state index is 0.0239. The van der Waals surface area contributed by atoms with Crippen molar-refractivity contribution in [3.63, 3.8) is 0 Å². The van der Waals surface area contributed by atoms with E-state index < -0.39 is 0 Å². The Hall–Kier alpha value is -2.38. The molecule has 1 amide bonds. The van der Waals surface area contributed by atoms with Gasteiger partial charge in [-0.15, -0.1) is 28.1 Å². The summed E-state index contributed by atoms with van der Waals surface area (Å²) in [6.45, 7) is 9.27. The van der Waals surface area contributed by atoms with Crippen molar-refractivity contribution < 1.29 is 4.79 Å². The van der Waals surface area contributed by atoms with Crippen LogP contribution >= 0.6 is 23.1 Å². The van der Waals surface area contributed by atoms with Gasteiger partial charge in [0, 0.05) is 28.9 Å². The number of carbonyl (C=O) groups is 1. The molecule has 5 nitrogen and oxygen atoms in total. The second kappa shape index (κ2) is 9.71. The number of hydrogen-bond acceptors (Lipinski definition) is 5. The Labute approximate surface area is 173 Å². The highest BCUT2D eigenvalue weighted by Gasteiger charge is 2.18. The van der Waals surface area contributed by atoms with Crippen molar-refractivity contribution in [1.82, 2.24) is 20.1 Å². The average molecular weight is 413 g/mol. The number of nitrogens with one attached hydrogen (secondary N) is 1. The Morgan fingerprint density at radius 3 is 2.82 bits per heavy atom. The van der Waals surface area contributed by atoms with Crippen LogP contribution in [0.25, 0.3) is 11.4 Å². The SMILES string of the molecule is C=CCn1c(SCC(=O)NCc2ccccc2)nnc1-c1csc(C)c1CC. The number of thiophene rings is 1. The highest BCUT2D eigenvalue weighted by Crippen LogP contribution is 2.32. The third-order valence-electron chi connectivity index (χ3n) is 4.39. The molecule has 0 saturated carbocycles. The number of aryl methyl sites for hydroxylation is 1. The van der Waals surface area contributed by atoms with Gasteiger partial charge in [-0.05, 0) is 24.5 Å². The molecule has 2 aromatic heterocycles. The van der Waals surface area contributed by atoms with Crippen LogP contribution in [0.2, 0.25) is 0 Å². The van der Waals surface area contributed by atoms with Crippen LogP contribution in [0, 0.1) is 6.92 Å². The third kappa shape index (κ3) is 4.72. The fraction of sp³-hybridized carbons (Fsp3) is 0.286. The summed E-state index contributed by atoms with van der Waals surface area (Å²) in [5.74, 6) is 1.11. The Morgan fingerprint density at radius 2 is 2.11 bits per heavy atom. The fourth-order valence-electron chi connectivity index (χ4n) is 2.97. The Morgan fingerprint density at radius 1 is 1.32 bits per heavy atom. The van der Waals surface area contributed by atoms with Gasteiger partial charge in [-0.3, -0.25) is 9.36 Å². The van der Waals surface area contributed by atoms with Gasteiger partial charge in [-0.2, -0.15) is 0 Å². The van der Waals surface area contributed by atoms with Crippen LogP contribution in [0.4, 0.5) is 0 Å². The van der Waals surface area contributed by atoms with Gasteiger partial charge in [0.25, 0.3) is 0 Å². The molecule has 0 aliphatic carbocycles. The van der Waals surface area contributed by atoms with Gasteiger partial charge in [0.15, 0.2) is 11.0 Å². The van der Waals surface area contributed by atoms with Crippen LogP contribution < -0.4 is 5.32 Å². The van der Waals surface area contributed by atoms with E-state index in [1.54, 1.807) is 11.3 Å². The van der Waals surface area contributed by atoms with Crippen LogP contribution in [0.5, 0.6) is 0 Å². The van der Waals surface area contributed by atoms with Gasteiger partial charge in [0.05, 0.1) is 5.75 Å². The lowest BCUT2D eigenvalue weighted by Crippen LogP contribution is -2.24. The maximum Gasteiger partial charge on any atom is 0.230 e. The van der Waals surface area contributed by atoms with Crippen molar-refractivity contribution in [1.29, 1.82) is 0 Å². The first kappa shape index (κ1) is 20.4. The first-order valence-electron chi connectivity index (χ1n) is 9.18. The van der Waals surface area contributed by atoms with Crippen molar-refractivity contribution in [2.75, 3.05) is 5.75 Å². The topological polar surface area (TPSA) is 59.8 Å². The maximum absolute atomic E-state index is 12.2. The van der Waals surface area contributed by atoms with E-state index >= 15 is 0 Å². The number of nitrogens with zero attached hydrogens (tertiary/aromatic N) is 3. The molecule has 0 aliphatic heterocycles. The van der Waals surface area contributed by atoms with Gasteiger partial charge < -0.3 is 5.32 Å². The van der Waals surface area contributed by atoms with Crippen molar-refractivity contribution in [3.05, 3.63) is 64.4 Å². The third-order valence-corrected chi connectivity index (χ3v) is 6.31. The molecule has 1 N–H and O–H groups in total. The number of hydrogen-bond donors (Lipinski definition) is 1. The van der Waals surface area contributed by atoms with Gasteiger partial charge in [0.2, 0.25) is 5.91 Å². The van der Waals surface area contributed by atoms with E-state index in [-0.39, 0.29) is 5.91 Å². The summed E-state index contributed by atoms with van der Waals surface area (Å²) in [4.78, 5) is 13.5. The largest absolute Gasteiger partial charge is 0.351 e. The highest BCUT2D eigenvalue weighted by molar-refractivity contribution is 7.99. The van der Waals surface area contributed by atoms with Crippen LogP contribution in [0.3, 0.4) is 0 Å². The number of carbonyl (C=O) groups excluding carboxylic acids is 1. The Kier molecular flexibility index (Phi) is 7.06. The van der Waals surface area contributed by atoms with Crippen molar-refractivity contribution in [2.24, 2.45) is 0 Å². The smallest absolute Gasteiger partial charge is 0.230 e. The number of benzene rings is 1. The predicted molar refractivity (Wildman–Crippen MR) is 117 cm³/mol. The maximum atomic E-state index is 12.2. The number of aromatic nitrogens is 3. The number of amides is 1. The van der Waals surface area contributed by atoms with Gasteiger partial charge in [-0.25, -0.2) is 0 Å². The van der Waals surface area contributed by atoms with Crippen LogP contribution in [-0.2, 0) is 24.3 Å². The molecule has 0 fully saturated rings. The summed E-state index contributed by atoms with van der Waals surface area (Å²) < 4.78 is 2.03. The van der Waals surface area contributed by atoms with E-state index in [9.17, 15) is 4.79 Å². The lowest BCUT2D eigenvalue weighted by Gasteiger charge is -2.09. The zero-order valence-electron chi connectivity index (χ0n) is 16.1. The van der Waals surface area contributed by atoms with E-state index in [1.165, 1.54) is 22.2 Å². The van der Waals surface area contributed by atoms with Crippen LogP contribution in [0.15, 0.2) is 53.5 Å². The molecule has 1 aromatic carbocycles. The molecule has 0 spiro atoms. The van der Waals surface area contributed by atoms with E-state index in [2.05, 4.69) is 41.3 Å². The lowest BCUT2D eigenvalue weighted by molar-refractivity contribution is -0.118. The quantitative estimate of drug-likeness (QED) is 0.416. The summed E-state index contributed by atoms with van der Waals surface area (Å²) in [7, 11) is 0. The fourth-order valence-corrected chi connectivity index (χ4v) is 4.69. The van der Waals surface area contributed by atoms with E-state index in [0.717, 1.165) is 28.5 Å². The molecule has 28 heavy (non-hydrogen) atoms. The zero-order valence-corrected chi connectivity index (χ0v) is 17.8. The lowest BCUT2D eigenvalue weighted by atomic mass is 10.1. The molecular weight excluding hydrogens is 388 g/mol. The summed E-state index contributed by atoms with van der Waals surface area (Å²) in [5, 5.41) is 14.6. The summed E-state index contributed by atoms with van der Waals surface area (Å²) in [5.41, 5.74) is 3.51. The van der Waals surface area contributed by atoms with Crippen LogP contribution in [-0.4, -0.2) is 26.4 Å². The second-order valence-electron chi connectivity index (χ2n) is 6.29. The molecule has 3 aromatic rings. The minimum atomic E-state index is -0.0239. The molecule has 0 atom stereocenters. The van der Waals surface area contributed by atoms with Crippen molar-refractivity contribution in [3.8, 4) is 11.4 Å². The molecule has 0 unspecified atom stereocenters. The van der Waals surface area contributed by atoms with Gasteiger partial charge in [0.1, 0.15) is 0 Å². The monoisotopic (exact) mass is 412 g/mol. The zero-order chi connectivity index (χ0) is 19.9. The molecule has 0 bridgehead atoms. The first-order valence-corrected chi connectivity index (χ1v) is 11.0. The van der Waals surface area contributed by atoms with Crippen molar-refractivity contribution >= 4 is 29.0 Å². The molecular formula is C21H24N4OS2. The number of allylic oxidation sites excluding steroid dienone is 1. The van der Waals surface area contributed by atoms with Gasteiger partial charge in [-0.1, -0.05) is 55.1 Å². The van der Waals surface area contributed by atoms with E-state index in [1.807, 2.05) is 41.0 Å². The molecule has 2 heterocycles. The molecule has 0 aliphatic rings. The summed E-state index contributed by atoms with van der Waals surface area (Å²) in [6.07, 6.45) is 2.78. The highest BCUT2D eigenvalue weighted by atomic mass is 32.2. The molecule has 0 radical (unpaired) electrons. The first-order chi connectivity index (χ1) is 13.6. The predicted octanol–water partition coefficient (Wildman–Crippen LogP) is 4.47. The van der Waals surface area contributed by atoms with Gasteiger partial charge >= 0.3 is 0 Å². The molecule has 7 heteroatoms. The minimum Gasteiger partial charge on any atom is -0.351 e. The number of thioether (sulfide) groups is 1. The molecule has 146 valence electrons. The molecule has 0 saturated heterocycles. The normalized spacial score (nSPS) is 10.8. The average Bonchev–Trinajstić information content (AvgIpc) is 3.28. The Balaban J connectivity index is 1.69. The van der Waals surface area contributed by atoms with Crippen molar-refractivity contribution in [2.45, 2.75) is 38.5 Å². The summed E-state index contributed by atoms with van der Waals surface area (Å²) >= 11 is 3.13. The second-order valence-corrected chi connectivity index (χ2v) is 8.32. The van der Waals surface area contributed by atoms with Crippen LogP contribution in [0.1, 0.15) is 22.9 Å². The molecule has 3 rings (SSSR count). The summed E-state index contributed by atoms with van der Waals surface area (Å²) in [6, 6.07) is 9.88. The van der Waals surface area contributed by atoms with E-state index in [0.29, 0.717) is 18.8 Å². The Bertz CT molecular complexity index is 947.